The van der Waals surface area contributed by atoms with E-state index in [0.717, 1.165) is 51.2 Å². The summed E-state index contributed by atoms with van der Waals surface area (Å²) in [6.07, 6.45) is 10.1. The van der Waals surface area contributed by atoms with Crippen LogP contribution in [0.15, 0.2) is 18.2 Å². The fourth-order valence-electron chi connectivity index (χ4n) is 6.10. The van der Waals surface area contributed by atoms with Crippen molar-refractivity contribution in [3.63, 3.8) is 0 Å². The second kappa shape index (κ2) is 7.46. The van der Waals surface area contributed by atoms with Crippen LogP contribution in [0.3, 0.4) is 0 Å². The molecule has 2 fully saturated rings. The van der Waals surface area contributed by atoms with Crippen LogP contribution in [0, 0.1) is 17.3 Å². The van der Waals surface area contributed by atoms with Crippen molar-refractivity contribution in [3.8, 4) is 0 Å². The van der Waals surface area contributed by atoms with Crippen LogP contribution in [0.25, 0.3) is 0 Å². The van der Waals surface area contributed by atoms with Crippen LogP contribution in [-0.2, 0) is 22.4 Å². The van der Waals surface area contributed by atoms with Crippen molar-refractivity contribution in [2.45, 2.75) is 77.6 Å². The van der Waals surface area contributed by atoms with E-state index in [0.29, 0.717) is 17.6 Å². The molecule has 0 amide bonds. The molecule has 2 heteroatoms. The van der Waals surface area contributed by atoms with Crippen LogP contribution in [0.5, 0.6) is 0 Å². The number of hydrogen-bond donors (Lipinski definition) is 0. The predicted octanol–water partition coefficient (Wildman–Crippen LogP) is 5.47. The molecule has 1 aromatic rings. The first-order chi connectivity index (χ1) is 12.6. The molecule has 26 heavy (non-hydrogen) atoms. The van der Waals surface area contributed by atoms with Gasteiger partial charge in [-0.05, 0) is 79.4 Å². The lowest BCUT2D eigenvalue weighted by Gasteiger charge is -2.48. The van der Waals surface area contributed by atoms with Gasteiger partial charge in [-0.15, -0.1) is 0 Å². The maximum absolute atomic E-state index is 12.4. The average Bonchev–Trinajstić information content (AvgIpc) is 2.96. The second-order valence-corrected chi connectivity index (χ2v) is 9.08. The van der Waals surface area contributed by atoms with E-state index in [1.165, 1.54) is 31.2 Å². The maximum Gasteiger partial charge on any atom is 0.139 e. The largest absolute Gasteiger partial charge is 0.381 e. The SMILES string of the molecule is CCCCOCCc1ccc2c(c1)CC[C@@H]1[C@@H]2CC[C@]2(C)C(=O)CC[C@@H]12. The van der Waals surface area contributed by atoms with Gasteiger partial charge in [0.1, 0.15) is 5.78 Å². The van der Waals surface area contributed by atoms with E-state index in [-0.39, 0.29) is 5.41 Å². The van der Waals surface area contributed by atoms with Crippen molar-refractivity contribution in [1.82, 2.24) is 0 Å². The zero-order valence-corrected chi connectivity index (χ0v) is 16.6. The number of ether oxygens (including phenoxy) is 1. The Kier molecular flexibility index (Phi) is 5.23. The van der Waals surface area contributed by atoms with Gasteiger partial charge in [-0.3, -0.25) is 4.79 Å². The van der Waals surface area contributed by atoms with Gasteiger partial charge < -0.3 is 4.74 Å². The number of carbonyl (C=O) groups is 1. The van der Waals surface area contributed by atoms with Crippen LogP contribution < -0.4 is 0 Å². The van der Waals surface area contributed by atoms with Gasteiger partial charge >= 0.3 is 0 Å². The zero-order valence-electron chi connectivity index (χ0n) is 16.6. The summed E-state index contributed by atoms with van der Waals surface area (Å²) >= 11 is 0. The molecule has 0 N–H and O–H groups in total. The van der Waals surface area contributed by atoms with Gasteiger partial charge in [0.15, 0.2) is 0 Å². The fourth-order valence-corrected chi connectivity index (χ4v) is 6.10. The Bertz CT molecular complexity index is 664. The van der Waals surface area contributed by atoms with Gasteiger partial charge in [-0.2, -0.15) is 0 Å². The molecule has 0 aromatic heterocycles. The van der Waals surface area contributed by atoms with Gasteiger partial charge in [0, 0.05) is 18.4 Å². The Morgan fingerprint density at radius 1 is 1.15 bits per heavy atom. The summed E-state index contributed by atoms with van der Waals surface area (Å²) in [7, 11) is 0. The van der Waals surface area contributed by atoms with Crippen LogP contribution in [-0.4, -0.2) is 19.0 Å². The number of Topliss-reactive ketones (excluding diaryl/α,β-unsaturated/α-hetero) is 1. The number of rotatable bonds is 6. The van der Waals surface area contributed by atoms with E-state index >= 15 is 0 Å². The molecule has 4 rings (SSSR count). The highest BCUT2D eigenvalue weighted by Gasteiger charge is 2.54. The number of ketones is 1. The third kappa shape index (κ3) is 3.15. The number of carbonyl (C=O) groups excluding carboxylic acids is 1. The molecule has 3 aliphatic rings. The van der Waals surface area contributed by atoms with Crippen molar-refractivity contribution < 1.29 is 9.53 Å². The molecular weight excluding hydrogens is 320 g/mol. The topological polar surface area (TPSA) is 26.3 Å². The molecule has 0 bridgehead atoms. The molecule has 2 nitrogen and oxygen atoms in total. The Labute approximate surface area is 158 Å². The highest BCUT2D eigenvalue weighted by molar-refractivity contribution is 5.87. The quantitative estimate of drug-likeness (QED) is 0.633. The summed E-state index contributed by atoms with van der Waals surface area (Å²) < 4.78 is 5.74. The maximum atomic E-state index is 12.4. The lowest BCUT2D eigenvalue weighted by molar-refractivity contribution is -0.129. The molecule has 0 radical (unpaired) electrons. The highest BCUT2D eigenvalue weighted by Crippen LogP contribution is 2.59. The van der Waals surface area contributed by atoms with Crippen LogP contribution >= 0.6 is 0 Å². The predicted molar refractivity (Wildman–Crippen MR) is 105 cm³/mol. The van der Waals surface area contributed by atoms with Crippen LogP contribution in [0.2, 0.25) is 0 Å². The molecule has 0 heterocycles. The van der Waals surface area contributed by atoms with E-state index in [1.54, 1.807) is 11.1 Å². The third-order valence-corrected chi connectivity index (χ3v) is 7.68. The zero-order chi connectivity index (χ0) is 18.1. The van der Waals surface area contributed by atoms with Gasteiger partial charge in [-0.25, -0.2) is 0 Å². The Hall–Kier alpha value is -1.15. The minimum atomic E-state index is -0.00552. The molecule has 0 saturated heterocycles. The lowest BCUT2D eigenvalue weighted by atomic mass is 9.55. The van der Waals surface area contributed by atoms with Crippen LogP contribution in [0.4, 0.5) is 0 Å². The smallest absolute Gasteiger partial charge is 0.139 e. The molecule has 2 saturated carbocycles. The molecule has 1 aromatic carbocycles. The number of aryl methyl sites for hydroxylation is 1. The highest BCUT2D eigenvalue weighted by atomic mass is 16.5. The van der Waals surface area contributed by atoms with Gasteiger partial charge in [0.25, 0.3) is 0 Å². The van der Waals surface area contributed by atoms with Crippen molar-refractivity contribution in [3.05, 3.63) is 34.9 Å². The van der Waals surface area contributed by atoms with Crippen molar-refractivity contribution in [2.24, 2.45) is 17.3 Å². The van der Waals surface area contributed by atoms with Crippen LogP contribution in [0.1, 0.15) is 81.4 Å². The first kappa shape index (κ1) is 18.2. The van der Waals surface area contributed by atoms with Gasteiger partial charge in [0.05, 0.1) is 6.61 Å². The van der Waals surface area contributed by atoms with Crippen molar-refractivity contribution >= 4 is 5.78 Å². The number of fused-ring (bicyclic) bond motifs is 5. The Balaban J connectivity index is 1.45. The summed E-state index contributed by atoms with van der Waals surface area (Å²) in [4.78, 5) is 12.4. The third-order valence-electron chi connectivity index (χ3n) is 7.68. The summed E-state index contributed by atoms with van der Waals surface area (Å²) in [6.45, 7) is 6.20. The first-order valence-corrected chi connectivity index (χ1v) is 10.9. The molecule has 4 atom stereocenters. The molecule has 0 unspecified atom stereocenters. The van der Waals surface area contributed by atoms with E-state index in [2.05, 4.69) is 32.0 Å². The minimum absolute atomic E-state index is 0.00552. The van der Waals surface area contributed by atoms with E-state index in [9.17, 15) is 4.79 Å². The van der Waals surface area contributed by atoms with Crippen molar-refractivity contribution in [2.75, 3.05) is 13.2 Å². The summed E-state index contributed by atoms with van der Waals surface area (Å²) in [5.74, 6) is 2.60. The minimum Gasteiger partial charge on any atom is -0.381 e. The van der Waals surface area contributed by atoms with Gasteiger partial charge in [-0.1, -0.05) is 38.5 Å². The number of benzene rings is 1. The Morgan fingerprint density at radius 2 is 2.04 bits per heavy atom. The Morgan fingerprint density at radius 3 is 2.88 bits per heavy atom. The normalized spacial score (nSPS) is 32.8. The fraction of sp³-hybridized carbons (Fsp3) is 0.708. The molecule has 3 aliphatic carbocycles. The number of hydrogen-bond acceptors (Lipinski definition) is 2. The first-order valence-electron chi connectivity index (χ1n) is 10.9. The molecule has 0 spiro atoms. The monoisotopic (exact) mass is 354 g/mol. The summed E-state index contributed by atoms with van der Waals surface area (Å²) in [5.41, 5.74) is 4.59. The van der Waals surface area contributed by atoms with E-state index in [4.69, 9.17) is 4.74 Å². The lowest BCUT2D eigenvalue weighted by Crippen LogP contribution is -2.42. The molecule has 142 valence electrons. The standard InChI is InChI=1S/C24H34O2/c1-3-4-14-26-15-12-17-5-7-19-18(16-17)6-8-21-20(19)11-13-24(2)22(21)9-10-23(24)25/h5,7,16,20-22H,3-4,6,8-15H2,1-2H3/t20-,21-,22+,24+/m1/s1. The molecular formula is C24H34O2. The van der Waals surface area contributed by atoms with E-state index < -0.39 is 0 Å². The molecule has 0 aliphatic heterocycles. The average molecular weight is 355 g/mol. The summed E-state index contributed by atoms with van der Waals surface area (Å²) in [6, 6.07) is 7.19. The van der Waals surface area contributed by atoms with Crippen molar-refractivity contribution in [1.29, 1.82) is 0 Å². The van der Waals surface area contributed by atoms with Gasteiger partial charge in [0.2, 0.25) is 0 Å². The summed E-state index contributed by atoms with van der Waals surface area (Å²) in [5, 5.41) is 0. The number of unbranched alkanes of at least 4 members (excludes halogenated alkanes) is 1. The van der Waals surface area contributed by atoms with E-state index in [1.807, 2.05) is 0 Å². The second-order valence-electron chi connectivity index (χ2n) is 9.08.